The van der Waals surface area contributed by atoms with Crippen LogP contribution in [0.1, 0.15) is 58.3 Å². The molecule has 0 spiro atoms. The molecule has 0 saturated heterocycles. The fraction of sp³-hybridized carbons (Fsp3) is 0.714. The largest absolute Gasteiger partial charge is 1.00 e. The third kappa shape index (κ3) is 11.6. The molecule has 0 bridgehead atoms. The van der Waals surface area contributed by atoms with Crippen LogP contribution in [-0.2, 0) is 4.74 Å². The second kappa shape index (κ2) is 13.1. The molecule has 0 fully saturated rings. The summed E-state index contributed by atoms with van der Waals surface area (Å²) in [6.07, 6.45) is 11.2. The average Bonchev–Trinajstić information content (AvgIpc) is 2.25. The van der Waals surface area contributed by atoms with Crippen molar-refractivity contribution in [1.29, 1.82) is 0 Å². The van der Waals surface area contributed by atoms with E-state index in [2.05, 4.69) is 0 Å². The molecule has 1 aliphatic heterocycles. The minimum Gasteiger partial charge on any atom is -0.873 e. The van der Waals surface area contributed by atoms with E-state index >= 15 is 0 Å². The van der Waals surface area contributed by atoms with Gasteiger partial charge in [-0.3, -0.25) is 0 Å². The van der Waals surface area contributed by atoms with Crippen molar-refractivity contribution in [3.63, 3.8) is 0 Å². The third-order valence-electron chi connectivity index (χ3n) is 2.99. The van der Waals surface area contributed by atoms with Crippen LogP contribution in [0, 0.1) is 0 Å². The predicted octanol–water partition coefficient (Wildman–Crippen LogP) is -4.02. The first-order valence-electron chi connectivity index (χ1n) is 6.61. The van der Waals surface area contributed by atoms with Gasteiger partial charge in [-0.05, 0) is 25.3 Å². The fourth-order valence-electron chi connectivity index (χ4n) is 1.99. The van der Waals surface area contributed by atoms with Crippen molar-refractivity contribution in [2.24, 2.45) is 0 Å². The van der Waals surface area contributed by atoms with Gasteiger partial charge < -0.3 is 14.9 Å². The maximum Gasteiger partial charge on any atom is 1.00 e. The van der Waals surface area contributed by atoms with E-state index in [0.717, 1.165) is 31.8 Å². The van der Waals surface area contributed by atoms with Crippen LogP contribution in [-0.4, -0.2) is 6.10 Å². The van der Waals surface area contributed by atoms with Gasteiger partial charge in [-0.2, -0.15) is 0 Å². The molecule has 3 nitrogen and oxygen atoms in total. The number of ether oxygens (including phenoxy) is 1. The zero-order valence-corrected chi connectivity index (χ0v) is 12.6. The molecule has 1 aliphatic rings. The van der Waals surface area contributed by atoms with Gasteiger partial charge >= 0.3 is 37.7 Å². The Morgan fingerprint density at radius 1 is 1.00 bits per heavy atom. The first-order valence-corrected chi connectivity index (χ1v) is 6.61. The van der Waals surface area contributed by atoms with Crippen LogP contribution in [0.15, 0.2) is 23.9 Å². The van der Waals surface area contributed by atoms with E-state index in [4.69, 9.17) is 4.74 Å². The zero-order chi connectivity index (χ0) is 12.5. The molecule has 0 aromatic rings. The molecule has 19 heavy (non-hydrogen) atoms. The molecule has 0 N–H and O–H groups in total. The van der Waals surface area contributed by atoms with Gasteiger partial charge in [0.1, 0.15) is 0 Å². The van der Waals surface area contributed by atoms with E-state index in [9.17, 15) is 10.2 Å². The second-order valence-electron chi connectivity index (χ2n) is 4.70. The number of hydrogen-bond donors (Lipinski definition) is 0. The summed E-state index contributed by atoms with van der Waals surface area (Å²) in [5, 5.41) is 22.7. The van der Waals surface area contributed by atoms with Crippen molar-refractivity contribution in [2.45, 2.75) is 64.4 Å². The summed E-state index contributed by atoms with van der Waals surface area (Å²) in [5.74, 6) is -0.727. The average molecular weight is 252 g/mol. The summed E-state index contributed by atoms with van der Waals surface area (Å²) in [5.41, 5.74) is 0. The molecule has 5 heteroatoms. The summed E-state index contributed by atoms with van der Waals surface area (Å²) in [6.45, 7) is 1.88. The maximum atomic E-state index is 11.4. The van der Waals surface area contributed by atoms with Crippen molar-refractivity contribution < 1.29 is 52.7 Å². The van der Waals surface area contributed by atoms with Gasteiger partial charge in [0.15, 0.2) is 0 Å². The van der Waals surface area contributed by atoms with Crippen molar-refractivity contribution in [3.8, 4) is 0 Å². The maximum absolute atomic E-state index is 11.4. The van der Waals surface area contributed by atoms with Crippen molar-refractivity contribution in [3.05, 3.63) is 23.9 Å². The molecule has 1 heterocycles. The molecule has 1 unspecified atom stereocenters. The fourth-order valence-corrected chi connectivity index (χ4v) is 1.99. The molecule has 0 aromatic heterocycles. The monoisotopic (exact) mass is 252 g/mol. The van der Waals surface area contributed by atoms with Crippen LogP contribution in [0.25, 0.3) is 0 Å². The van der Waals surface area contributed by atoms with Gasteiger partial charge in [0, 0.05) is 6.10 Å². The molecular formula is C14H22Li2O3. The first-order chi connectivity index (χ1) is 8.18. The Hall–Kier alpha value is 0.0748. The normalized spacial score (nSPS) is 27.9. The van der Waals surface area contributed by atoms with Crippen molar-refractivity contribution in [2.75, 3.05) is 0 Å². The van der Waals surface area contributed by atoms with Crippen LogP contribution in [0.2, 0.25) is 0 Å². The molecule has 0 saturated carbocycles. The molecule has 0 amide bonds. The van der Waals surface area contributed by atoms with Gasteiger partial charge in [0.05, 0.1) is 5.95 Å². The quantitative estimate of drug-likeness (QED) is 0.413. The van der Waals surface area contributed by atoms with E-state index in [1.54, 1.807) is 6.08 Å². The van der Waals surface area contributed by atoms with E-state index in [-0.39, 0.29) is 49.6 Å². The van der Waals surface area contributed by atoms with Crippen LogP contribution < -0.4 is 47.9 Å². The summed E-state index contributed by atoms with van der Waals surface area (Å²) in [4.78, 5) is 0. The van der Waals surface area contributed by atoms with Gasteiger partial charge in [0.2, 0.25) is 0 Å². The summed E-state index contributed by atoms with van der Waals surface area (Å²) in [7, 11) is 0. The minimum atomic E-state index is -0.504. The predicted molar refractivity (Wildman–Crippen MR) is 63.6 cm³/mol. The Balaban J connectivity index is 0. The van der Waals surface area contributed by atoms with Gasteiger partial charge in [-0.15, -0.1) is 5.76 Å². The minimum absolute atomic E-state index is 0. The summed E-state index contributed by atoms with van der Waals surface area (Å²) >= 11 is 0. The molecule has 0 aromatic carbocycles. The Bertz CT molecular complexity index is 278. The molecule has 98 valence electrons. The number of rotatable bonds is 0. The van der Waals surface area contributed by atoms with Crippen LogP contribution in [0.5, 0.6) is 0 Å². The van der Waals surface area contributed by atoms with Crippen LogP contribution in [0.4, 0.5) is 0 Å². The summed E-state index contributed by atoms with van der Waals surface area (Å²) < 4.78 is 5.13. The standard InChI is InChI=1S/C14H24O3.2Li/c1-12-9-7-5-3-2-4-6-8-10-13(15)11-14(16)17-12;;/h10-12,15-16H,2-9H2,1H3;;/q;2*+1/p-2/b13-10-,14-11-;;. The topological polar surface area (TPSA) is 55.3 Å². The number of allylic oxidation sites excluding steroid dienone is 2. The smallest absolute Gasteiger partial charge is 0.873 e. The van der Waals surface area contributed by atoms with E-state index in [1.165, 1.54) is 25.7 Å². The van der Waals surface area contributed by atoms with Gasteiger partial charge in [-0.25, -0.2) is 0 Å². The van der Waals surface area contributed by atoms with Crippen LogP contribution >= 0.6 is 0 Å². The third-order valence-corrected chi connectivity index (χ3v) is 2.99. The second-order valence-corrected chi connectivity index (χ2v) is 4.70. The Morgan fingerprint density at radius 2 is 1.58 bits per heavy atom. The molecule has 1 atom stereocenters. The Labute approximate surface area is 140 Å². The van der Waals surface area contributed by atoms with Gasteiger partial charge in [0.25, 0.3) is 0 Å². The molecule has 0 aliphatic carbocycles. The number of hydrogen-bond acceptors (Lipinski definition) is 3. The Morgan fingerprint density at radius 3 is 2.26 bits per heavy atom. The molecule has 0 radical (unpaired) electrons. The SMILES string of the molecule is CC1CCCCCCCC/C=C([O-])/C=C(/[O-])O1.[Li+].[Li+]. The zero-order valence-electron chi connectivity index (χ0n) is 12.6. The van der Waals surface area contributed by atoms with Gasteiger partial charge in [-0.1, -0.05) is 45.1 Å². The van der Waals surface area contributed by atoms with E-state index in [1.807, 2.05) is 6.92 Å². The first kappa shape index (κ1) is 21.4. The van der Waals surface area contributed by atoms with E-state index < -0.39 is 5.95 Å². The Kier molecular flexibility index (Phi) is 14.7. The summed E-state index contributed by atoms with van der Waals surface area (Å²) in [6, 6.07) is 0. The van der Waals surface area contributed by atoms with Crippen molar-refractivity contribution in [1.82, 2.24) is 0 Å². The van der Waals surface area contributed by atoms with E-state index in [0.29, 0.717) is 0 Å². The van der Waals surface area contributed by atoms with Crippen LogP contribution in [0.3, 0.4) is 0 Å². The molecular weight excluding hydrogens is 230 g/mol. The van der Waals surface area contributed by atoms with Crippen molar-refractivity contribution >= 4 is 0 Å². The molecule has 1 rings (SSSR count).